The largest absolute Gasteiger partial charge is 0.322 e. The van der Waals surface area contributed by atoms with Gasteiger partial charge in [-0.3, -0.25) is 9.59 Å². The molecule has 1 N–H and O–H groups in total. The lowest BCUT2D eigenvalue weighted by Gasteiger charge is -2.23. The van der Waals surface area contributed by atoms with E-state index >= 15 is 0 Å². The Morgan fingerprint density at radius 2 is 1.72 bits per heavy atom. The molecule has 1 fully saturated rings. The Labute approximate surface area is 172 Å². The number of hydrogen-bond acceptors (Lipinski definition) is 4. The average Bonchev–Trinajstić information content (AvgIpc) is 2.77. The van der Waals surface area contributed by atoms with Crippen LogP contribution in [0.5, 0.6) is 0 Å². The van der Waals surface area contributed by atoms with Crippen molar-refractivity contribution in [1.82, 2.24) is 0 Å². The summed E-state index contributed by atoms with van der Waals surface area (Å²) in [6.45, 7) is 9.39. The fraction of sp³-hybridized carbons (Fsp3) is 0.364. The van der Waals surface area contributed by atoms with Gasteiger partial charge in [-0.1, -0.05) is 45.0 Å². The predicted octanol–water partition coefficient (Wildman–Crippen LogP) is 3.94. The number of para-hydroxylation sites is 1. The van der Waals surface area contributed by atoms with Gasteiger partial charge >= 0.3 is 0 Å². The Balaban J connectivity index is 1.94. The van der Waals surface area contributed by atoms with Crippen LogP contribution >= 0.6 is 0 Å². The molecule has 0 aliphatic carbocycles. The molecule has 154 valence electrons. The summed E-state index contributed by atoms with van der Waals surface area (Å²) in [5.74, 6) is -1.12. The van der Waals surface area contributed by atoms with E-state index in [4.69, 9.17) is 0 Å². The van der Waals surface area contributed by atoms with E-state index in [1.165, 1.54) is 12.1 Å². The van der Waals surface area contributed by atoms with Gasteiger partial charge in [0, 0.05) is 11.3 Å². The first kappa shape index (κ1) is 21.0. The fourth-order valence-electron chi connectivity index (χ4n) is 3.48. The number of anilines is 2. The van der Waals surface area contributed by atoms with E-state index in [2.05, 4.69) is 26.1 Å². The van der Waals surface area contributed by atoms with Crippen molar-refractivity contribution in [3.05, 3.63) is 59.7 Å². The number of rotatable bonds is 3. The summed E-state index contributed by atoms with van der Waals surface area (Å²) >= 11 is 0. The summed E-state index contributed by atoms with van der Waals surface area (Å²) in [4.78, 5) is 25.5. The molecule has 7 heteroatoms. The van der Waals surface area contributed by atoms with Gasteiger partial charge < -0.3 is 5.32 Å². The molecule has 0 radical (unpaired) electrons. The zero-order chi connectivity index (χ0) is 21.6. The Bertz CT molecular complexity index is 1080. The second-order valence-corrected chi connectivity index (χ2v) is 10.8. The quantitative estimate of drug-likeness (QED) is 0.825. The molecule has 1 aliphatic heterocycles. The molecule has 0 atom stereocenters. The maximum absolute atomic E-state index is 12.9. The van der Waals surface area contributed by atoms with Gasteiger partial charge in [0.25, 0.3) is 5.91 Å². The number of nitrogens with zero attached hydrogens (tertiary/aromatic N) is 1. The Morgan fingerprint density at radius 3 is 2.31 bits per heavy atom. The Morgan fingerprint density at radius 1 is 1.07 bits per heavy atom. The van der Waals surface area contributed by atoms with E-state index < -0.39 is 21.3 Å². The molecular formula is C22H26N2O4S. The zero-order valence-electron chi connectivity index (χ0n) is 17.3. The lowest BCUT2D eigenvalue weighted by atomic mass is 9.86. The van der Waals surface area contributed by atoms with E-state index in [1.54, 1.807) is 26.0 Å². The van der Waals surface area contributed by atoms with Gasteiger partial charge in [0.15, 0.2) is 0 Å². The second kappa shape index (κ2) is 6.99. The van der Waals surface area contributed by atoms with Crippen LogP contribution in [0.4, 0.5) is 11.4 Å². The number of amides is 2. The number of hydrogen-bond donors (Lipinski definition) is 1. The molecule has 3 rings (SSSR count). The first-order chi connectivity index (χ1) is 13.3. The molecule has 0 saturated carbocycles. The van der Waals surface area contributed by atoms with Crippen LogP contribution in [0.1, 0.15) is 50.5 Å². The summed E-state index contributed by atoms with van der Waals surface area (Å²) in [6.07, 6.45) is 0. The average molecular weight is 415 g/mol. The zero-order valence-corrected chi connectivity index (χ0v) is 18.1. The smallest absolute Gasteiger partial charge is 0.255 e. The summed E-state index contributed by atoms with van der Waals surface area (Å²) in [6, 6.07) is 13.7. The van der Waals surface area contributed by atoms with Crippen molar-refractivity contribution in [2.75, 3.05) is 15.4 Å². The third-order valence-electron chi connectivity index (χ3n) is 4.91. The molecule has 0 aromatic heterocycles. The fourth-order valence-corrected chi connectivity index (χ4v) is 5.57. The highest BCUT2D eigenvalue weighted by Gasteiger charge is 2.49. The lowest BCUT2D eigenvalue weighted by molar-refractivity contribution is -0.123. The van der Waals surface area contributed by atoms with E-state index in [1.807, 2.05) is 24.3 Å². The molecule has 0 unspecified atom stereocenters. The minimum absolute atomic E-state index is 0.159. The number of carbonyl (C=O) groups excluding carboxylic acids is 2. The van der Waals surface area contributed by atoms with Gasteiger partial charge in [0.1, 0.15) is 0 Å². The van der Waals surface area contributed by atoms with Crippen LogP contribution in [0.3, 0.4) is 0 Å². The van der Waals surface area contributed by atoms with Crippen molar-refractivity contribution >= 4 is 33.2 Å². The normalized spacial score (nSPS) is 18.0. The van der Waals surface area contributed by atoms with Gasteiger partial charge in [-0.15, -0.1) is 0 Å². The number of nitrogens with one attached hydrogen (secondary N) is 1. The van der Waals surface area contributed by atoms with Crippen molar-refractivity contribution in [3.8, 4) is 0 Å². The summed E-state index contributed by atoms with van der Waals surface area (Å²) in [7, 11) is -3.77. The minimum atomic E-state index is -3.77. The van der Waals surface area contributed by atoms with Crippen LogP contribution < -0.4 is 9.62 Å². The summed E-state index contributed by atoms with van der Waals surface area (Å²) in [5.41, 5.74) is 0.983. The monoisotopic (exact) mass is 414 g/mol. The number of carbonyl (C=O) groups is 2. The van der Waals surface area contributed by atoms with Crippen LogP contribution in [0.2, 0.25) is 0 Å². The first-order valence-corrected chi connectivity index (χ1v) is 11.0. The van der Waals surface area contributed by atoms with Crippen molar-refractivity contribution in [2.24, 2.45) is 5.41 Å². The van der Waals surface area contributed by atoms with Crippen LogP contribution in [0.15, 0.2) is 48.5 Å². The standard InChI is InChI=1S/C22H26N2O4S/c1-21(2,3)17-11-6-7-12-18(17)23-19(25)15-9-8-10-16(13-15)24-20(26)22(4,5)14-29(24,27)28/h6-13H,14H2,1-5H3,(H,23,25). The van der Waals surface area contributed by atoms with E-state index in [0.717, 1.165) is 9.87 Å². The van der Waals surface area contributed by atoms with E-state index in [0.29, 0.717) is 5.69 Å². The molecule has 2 aromatic carbocycles. The van der Waals surface area contributed by atoms with Gasteiger partial charge in [-0.25, -0.2) is 12.7 Å². The molecular weight excluding hydrogens is 388 g/mol. The Hall–Kier alpha value is -2.67. The third kappa shape index (κ3) is 4.05. The minimum Gasteiger partial charge on any atom is -0.322 e. The molecule has 1 saturated heterocycles. The van der Waals surface area contributed by atoms with Gasteiger partial charge in [0.05, 0.1) is 16.9 Å². The summed E-state index contributed by atoms with van der Waals surface area (Å²) in [5, 5.41) is 2.91. The molecule has 0 bridgehead atoms. The number of sulfonamides is 1. The highest BCUT2D eigenvalue weighted by Crippen LogP contribution is 2.36. The van der Waals surface area contributed by atoms with Crippen LogP contribution in [-0.2, 0) is 20.2 Å². The van der Waals surface area contributed by atoms with Crippen molar-refractivity contribution in [2.45, 2.75) is 40.0 Å². The maximum atomic E-state index is 12.9. The highest BCUT2D eigenvalue weighted by atomic mass is 32.2. The van der Waals surface area contributed by atoms with Gasteiger partial charge in [-0.05, 0) is 49.1 Å². The molecule has 29 heavy (non-hydrogen) atoms. The molecule has 1 aliphatic rings. The third-order valence-corrected chi connectivity index (χ3v) is 6.93. The predicted molar refractivity (Wildman–Crippen MR) is 115 cm³/mol. The maximum Gasteiger partial charge on any atom is 0.255 e. The van der Waals surface area contributed by atoms with Crippen LogP contribution in [0.25, 0.3) is 0 Å². The van der Waals surface area contributed by atoms with E-state index in [-0.39, 0.29) is 28.3 Å². The van der Waals surface area contributed by atoms with Gasteiger partial charge in [-0.2, -0.15) is 0 Å². The SMILES string of the molecule is CC1(C)CS(=O)(=O)N(c2cccc(C(=O)Nc3ccccc3C(C)(C)C)c2)C1=O. The number of benzene rings is 2. The van der Waals surface area contributed by atoms with Crippen molar-refractivity contribution in [1.29, 1.82) is 0 Å². The molecule has 0 spiro atoms. The van der Waals surface area contributed by atoms with Crippen LogP contribution in [0, 0.1) is 5.41 Å². The molecule has 2 aromatic rings. The van der Waals surface area contributed by atoms with E-state index in [9.17, 15) is 18.0 Å². The van der Waals surface area contributed by atoms with Crippen molar-refractivity contribution in [3.63, 3.8) is 0 Å². The first-order valence-electron chi connectivity index (χ1n) is 9.41. The second-order valence-electron chi connectivity index (χ2n) is 9.01. The topological polar surface area (TPSA) is 83.6 Å². The Kier molecular flexibility index (Phi) is 5.07. The van der Waals surface area contributed by atoms with Crippen LogP contribution in [-0.4, -0.2) is 26.0 Å². The van der Waals surface area contributed by atoms with Crippen molar-refractivity contribution < 1.29 is 18.0 Å². The molecule has 1 heterocycles. The lowest BCUT2D eigenvalue weighted by Crippen LogP contribution is -2.33. The molecule has 2 amide bonds. The summed E-state index contributed by atoms with van der Waals surface area (Å²) < 4.78 is 25.9. The highest BCUT2D eigenvalue weighted by molar-refractivity contribution is 7.94. The molecule has 6 nitrogen and oxygen atoms in total. The van der Waals surface area contributed by atoms with Gasteiger partial charge in [0.2, 0.25) is 15.9 Å².